The fraction of sp³-hybridized carbons (Fsp3) is 0.700. The number of hydrogen-bond donors (Lipinski definition) is 1. The molecule has 14 heavy (non-hydrogen) atoms. The first-order valence-electron chi connectivity index (χ1n) is 4.97. The van der Waals surface area contributed by atoms with Crippen LogP contribution in [0.2, 0.25) is 0 Å². The highest BCUT2D eigenvalue weighted by Gasteiger charge is 2.22. The van der Waals surface area contributed by atoms with E-state index in [-0.39, 0.29) is 5.41 Å². The number of fused-ring (bicyclic) bond motifs is 1. The summed E-state index contributed by atoms with van der Waals surface area (Å²) in [5.74, 6) is 1.14. The highest BCUT2D eigenvalue weighted by Crippen LogP contribution is 2.23. The van der Waals surface area contributed by atoms with Crippen LogP contribution in [-0.2, 0) is 18.5 Å². The SMILES string of the molecule is CC(C)(C)c1cn2c(n1)CN(S)CC2. The molecule has 1 aromatic rings. The summed E-state index contributed by atoms with van der Waals surface area (Å²) in [4.78, 5) is 4.64. The Bertz CT molecular complexity index is 338. The van der Waals surface area contributed by atoms with Crippen molar-refractivity contribution < 1.29 is 0 Å². The third-order valence-electron chi connectivity index (χ3n) is 2.55. The van der Waals surface area contributed by atoms with Crippen LogP contribution in [0.25, 0.3) is 0 Å². The molecule has 78 valence electrons. The Labute approximate surface area is 90.7 Å². The van der Waals surface area contributed by atoms with E-state index in [1.807, 2.05) is 4.31 Å². The molecule has 1 aromatic heterocycles. The van der Waals surface area contributed by atoms with Gasteiger partial charge < -0.3 is 4.57 Å². The second kappa shape index (κ2) is 3.28. The smallest absolute Gasteiger partial charge is 0.124 e. The molecule has 0 N–H and O–H groups in total. The van der Waals surface area contributed by atoms with Crippen molar-refractivity contribution in [1.82, 2.24) is 13.9 Å². The molecule has 0 aromatic carbocycles. The Morgan fingerprint density at radius 1 is 1.36 bits per heavy atom. The zero-order valence-electron chi connectivity index (χ0n) is 8.99. The molecule has 0 aliphatic carbocycles. The summed E-state index contributed by atoms with van der Waals surface area (Å²) < 4.78 is 4.25. The number of thiol groups is 1. The van der Waals surface area contributed by atoms with Crippen molar-refractivity contribution in [2.75, 3.05) is 6.54 Å². The normalized spacial score (nSPS) is 18.3. The lowest BCUT2D eigenvalue weighted by Gasteiger charge is -2.21. The molecule has 2 heterocycles. The lowest BCUT2D eigenvalue weighted by atomic mass is 9.93. The van der Waals surface area contributed by atoms with Gasteiger partial charge in [-0.15, -0.1) is 0 Å². The molecule has 2 rings (SSSR count). The number of nitrogens with zero attached hydrogens (tertiary/aromatic N) is 3. The minimum atomic E-state index is 0.145. The van der Waals surface area contributed by atoms with Gasteiger partial charge in [0.2, 0.25) is 0 Å². The standard InChI is InChI=1S/C10H17N3S/c1-10(2,3)8-6-12-4-5-13(14)7-9(12)11-8/h6,14H,4-5,7H2,1-3H3. The largest absolute Gasteiger partial charge is 0.332 e. The van der Waals surface area contributed by atoms with Gasteiger partial charge in [0, 0.05) is 24.7 Å². The van der Waals surface area contributed by atoms with Crippen LogP contribution in [0.3, 0.4) is 0 Å². The molecule has 0 unspecified atom stereocenters. The first-order valence-corrected chi connectivity index (χ1v) is 5.37. The predicted octanol–water partition coefficient (Wildman–Crippen LogP) is 1.84. The van der Waals surface area contributed by atoms with E-state index in [2.05, 4.69) is 49.3 Å². The Morgan fingerprint density at radius 2 is 2.07 bits per heavy atom. The first-order chi connectivity index (χ1) is 6.47. The van der Waals surface area contributed by atoms with E-state index in [9.17, 15) is 0 Å². The zero-order valence-corrected chi connectivity index (χ0v) is 9.88. The summed E-state index contributed by atoms with van der Waals surface area (Å²) in [5.41, 5.74) is 1.32. The van der Waals surface area contributed by atoms with Crippen LogP contribution >= 0.6 is 12.8 Å². The van der Waals surface area contributed by atoms with E-state index in [1.54, 1.807) is 0 Å². The van der Waals surface area contributed by atoms with Crippen molar-refractivity contribution >= 4 is 12.8 Å². The molecule has 1 aliphatic rings. The summed E-state index contributed by atoms with van der Waals surface area (Å²) in [7, 11) is 0. The molecule has 0 atom stereocenters. The van der Waals surface area contributed by atoms with Gasteiger partial charge in [0.05, 0.1) is 12.2 Å². The van der Waals surface area contributed by atoms with Gasteiger partial charge >= 0.3 is 0 Å². The second-order valence-electron chi connectivity index (χ2n) is 4.87. The van der Waals surface area contributed by atoms with E-state index in [1.165, 1.54) is 5.69 Å². The lowest BCUT2D eigenvalue weighted by molar-refractivity contribution is 0.372. The molecule has 0 fully saturated rings. The third-order valence-corrected chi connectivity index (χ3v) is 2.89. The number of hydrogen-bond acceptors (Lipinski definition) is 3. The van der Waals surface area contributed by atoms with Crippen molar-refractivity contribution in [2.45, 2.75) is 39.3 Å². The van der Waals surface area contributed by atoms with Crippen LogP contribution in [0.4, 0.5) is 0 Å². The second-order valence-corrected chi connectivity index (χ2v) is 5.44. The molecule has 1 aliphatic heterocycles. The highest BCUT2D eigenvalue weighted by atomic mass is 32.1. The number of rotatable bonds is 0. The quantitative estimate of drug-likeness (QED) is 0.661. The molecule has 0 spiro atoms. The number of imidazole rings is 1. The monoisotopic (exact) mass is 211 g/mol. The summed E-state index contributed by atoms with van der Waals surface area (Å²) in [6.07, 6.45) is 2.18. The van der Waals surface area contributed by atoms with Crippen LogP contribution in [0.5, 0.6) is 0 Å². The average Bonchev–Trinajstić information content (AvgIpc) is 2.45. The predicted molar refractivity (Wildman–Crippen MR) is 60.3 cm³/mol. The summed E-state index contributed by atoms with van der Waals surface area (Å²) in [5, 5.41) is 0. The van der Waals surface area contributed by atoms with E-state index in [0.29, 0.717) is 0 Å². The molecule has 0 saturated heterocycles. The summed E-state index contributed by atoms with van der Waals surface area (Å²) >= 11 is 4.35. The highest BCUT2D eigenvalue weighted by molar-refractivity contribution is 7.77. The zero-order chi connectivity index (χ0) is 10.3. The summed E-state index contributed by atoms with van der Waals surface area (Å²) in [6.45, 7) is 9.43. The van der Waals surface area contributed by atoms with Gasteiger partial charge in [-0.05, 0) is 0 Å². The lowest BCUT2D eigenvalue weighted by Crippen LogP contribution is -2.26. The maximum absolute atomic E-state index is 4.64. The van der Waals surface area contributed by atoms with Crippen molar-refractivity contribution in [2.24, 2.45) is 0 Å². The van der Waals surface area contributed by atoms with Gasteiger partial charge in [0.25, 0.3) is 0 Å². The molecule has 4 heteroatoms. The van der Waals surface area contributed by atoms with Crippen LogP contribution in [0.1, 0.15) is 32.3 Å². The van der Waals surface area contributed by atoms with E-state index >= 15 is 0 Å². The van der Waals surface area contributed by atoms with Gasteiger partial charge in [-0.1, -0.05) is 33.6 Å². The van der Waals surface area contributed by atoms with Gasteiger partial charge in [-0.2, -0.15) is 0 Å². The van der Waals surface area contributed by atoms with Crippen LogP contribution in [-0.4, -0.2) is 20.4 Å². The van der Waals surface area contributed by atoms with Gasteiger partial charge in [-0.3, -0.25) is 0 Å². The van der Waals surface area contributed by atoms with Crippen molar-refractivity contribution in [3.63, 3.8) is 0 Å². The van der Waals surface area contributed by atoms with E-state index in [4.69, 9.17) is 0 Å². The van der Waals surface area contributed by atoms with Gasteiger partial charge in [0.15, 0.2) is 0 Å². The molecule has 0 radical (unpaired) electrons. The fourth-order valence-corrected chi connectivity index (χ4v) is 1.82. The third kappa shape index (κ3) is 1.81. The molecular formula is C10H17N3S. The van der Waals surface area contributed by atoms with E-state index in [0.717, 1.165) is 25.5 Å². The maximum atomic E-state index is 4.64. The van der Waals surface area contributed by atoms with Crippen LogP contribution in [0, 0.1) is 0 Å². The summed E-state index contributed by atoms with van der Waals surface area (Å²) in [6, 6.07) is 0. The maximum Gasteiger partial charge on any atom is 0.124 e. The van der Waals surface area contributed by atoms with Crippen LogP contribution < -0.4 is 0 Å². The van der Waals surface area contributed by atoms with Crippen molar-refractivity contribution in [3.8, 4) is 0 Å². The van der Waals surface area contributed by atoms with Crippen LogP contribution in [0.15, 0.2) is 6.20 Å². The van der Waals surface area contributed by atoms with E-state index < -0.39 is 0 Å². The number of aromatic nitrogens is 2. The first kappa shape index (κ1) is 10.1. The molecular weight excluding hydrogens is 194 g/mol. The topological polar surface area (TPSA) is 21.1 Å². The Balaban J connectivity index is 2.32. The van der Waals surface area contributed by atoms with Crippen molar-refractivity contribution in [3.05, 3.63) is 17.7 Å². The Kier molecular flexibility index (Phi) is 2.35. The molecule has 3 nitrogen and oxygen atoms in total. The molecule has 0 saturated carbocycles. The minimum Gasteiger partial charge on any atom is -0.332 e. The Hall–Kier alpha value is -0.480. The minimum absolute atomic E-state index is 0.145. The average molecular weight is 211 g/mol. The van der Waals surface area contributed by atoms with Gasteiger partial charge in [0.1, 0.15) is 5.82 Å². The fourth-order valence-electron chi connectivity index (χ4n) is 1.60. The molecule has 0 amide bonds. The van der Waals surface area contributed by atoms with Crippen molar-refractivity contribution in [1.29, 1.82) is 0 Å². The van der Waals surface area contributed by atoms with Gasteiger partial charge in [-0.25, -0.2) is 9.29 Å². The molecule has 0 bridgehead atoms. The Morgan fingerprint density at radius 3 is 2.71 bits per heavy atom.